The molecule has 0 saturated heterocycles. The van der Waals surface area contributed by atoms with Crippen LogP contribution in [0.15, 0.2) is 177 Å². The van der Waals surface area contributed by atoms with Crippen LogP contribution >= 0.6 is 0 Å². The van der Waals surface area contributed by atoms with Crippen LogP contribution in [0.25, 0.3) is 76.7 Å². The summed E-state index contributed by atoms with van der Waals surface area (Å²) in [7, 11) is 0. The standard InChI is InChI=1S/C46H28N4O2/c1-2-11-28-24-30(22-21-27(28)10-1)44-48-45(50-46(49-44)35-16-8-18-38-41(35)34-14-5-6-17-37(34)51-38)31-25-29-12-3-4-13-32(29)36(26-31)33-15-7-19-39-42(33)43-40(52-39)20-9-23-47-43/h1-26,45H,(H,48,49,50). The van der Waals surface area contributed by atoms with Crippen molar-refractivity contribution < 1.29 is 8.83 Å². The van der Waals surface area contributed by atoms with E-state index in [2.05, 4.69) is 102 Å². The minimum absolute atomic E-state index is 0.534. The average Bonchev–Trinajstić information content (AvgIpc) is 3.79. The topological polar surface area (TPSA) is 75.9 Å². The highest BCUT2D eigenvalue weighted by atomic mass is 16.3. The summed E-state index contributed by atoms with van der Waals surface area (Å²) in [6.07, 6.45) is 1.29. The number of aromatic nitrogens is 1. The summed E-state index contributed by atoms with van der Waals surface area (Å²) >= 11 is 0. The first-order chi connectivity index (χ1) is 25.7. The van der Waals surface area contributed by atoms with Gasteiger partial charge in [0.1, 0.15) is 33.9 Å². The van der Waals surface area contributed by atoms with Crippen molar-refractivity contribution in [3.8, 4) is 11.1 Å². The average molecular weight is 669 g/mol. The van der Waals surface area contributed by atoms with E-state index in [-0.39, 0.29) is 0 Å². The van der Waals surface area contributed by atoms with Gasteiger partial charge in [-0.2, -0.15) is 0 Å². The molecule has 6 heteroatoms. The zero-order chi connectivity index (χ0) is 34.2. The Labute approximate surface area is 297 Å². The number of benzene rings is 7. The van der Waals surface area contributed by atoms with Crippen molar-refractivity contribution in [1.29, 1.82) is 0 Å². The van der Waals surface area contributed by atoms with Crippen LogP contribution in [-0.2, 0) is 0 Å². The highest BCUT2D eigenvalue weighted by Gasteiger charge is 2.25. The fourth-order valence-corrected chi connectivity index (χ4v) is 7.76. The van der Waals surface area contributed by atoms with Gasteiger partial charge in [-0.1, -0.05) is 103 Å². The lowest BCUT2D eigenvalue weighted by Gasteiger charge is -2.24. The minimum atomic E-state index is -0.534. The third kappa shape index (κ3) is 4.48. The maximum absolute atomic E-state index is 6.30. The van der Waals surface area contributed by atoms with Gasteiger partial charge >= 0.3 is 0 Å². The summed E-state index contributed by atoms with van der Waals surface area (Å²) < 4.78 is 12.6. The van der Waals surface area contributed by atoms with Gasteiger partial charge in [0, 0.05) is 28.1 Å². The van der Waals surface area contributed by atoms with Crippen LogP contribution in [0.4, 0.5) is 0 Å². The molecule has 10 aromatic rings. The van der Waals surface area contributed by atoms with Crippen molar-refractivity contribution >= 4 is 77.2 Å². The Kier molecular flexibility index (Phi) is 6.21. The first kappa shape index (κ1) is 28.8. The Bertz CT molecular complexity index is 3130. The minimum Gasteiger partial charge on any atom is -0.456 e. The molecule has 0 fully saturated rings. The first-order valence-corrected chi connectivity index (χ1v) is 17.4. The second kappa shape index (κ2) is 11.2. The number of fused-ring (bicyclic) bond motifs is 8. The van der Waals surface area contributed by atoms with Gasteiger partial charge in [0.15, 0.2) is 11.7 Å². The molecule has 0 bridgehead atoms. The van der Waals surface area contributed by atoms with Gasteiger partial charge < -0.3 is 14.2 Å². The fourth-order valence-electron chi connectivity index (χ4n) is 7.76. The van der Waals surface area contributed by atoms with Crippen LogP contribution in [0.3, 0.4) is 0 Å². The van der Waals surface area contributed by atoms with Crippen molar-refractivity contribution in [2.24, 2.45) is 9.98 Å². The van der Waals surface area contributed by atoms with Crippen molar-refractivity contribution in [3.05, 3.63) is 175 Å². The Morgan fingerprint density at radius 3 is 2.06 bits per heavy atom. The normalized spacial score (nSPS) is 14.7. The van der Waals surface area contributed by atoms with Gasteiger partial charge in [0.05, 0.1) is 5.39 Å². The van der Waals surface area contributed by atoms with Crippen LogP contribution in [-0.4, -0.2) is 16.7 Å². The van der Waals surface area contributed by atoms with Crippen molar-refractivity contribution in [2.45, 2.75) is 6.17 Å². The number of amidine groups is 2. The van der Waals surface area contributed by atoms with E-state index in [0.29, 0.717) is 0 Å². The third-order valence-electron chi connectivity index (χ3n) is 10.1. The summed E-state index contributed by atoms with van der Waals surface area (Å²) in [6.45, 7) is 0. The number of hydrogen-bond donors (Lipinski definition) is 1. The Hall–Kier alpha value is -7.05. The molecular weight excluding hydrogens is 641 g/mol. The fraction of sp³-hybridized carbons (Fsp3) is 0.0217. The van der Waals surface area contributed by atoms with E-state index in [0.717, 1.165) is 99.7 Å². The van der Waals surface area contributed by atoms with Crippen LogP contribution < -0.4 is 5.32 Å². The largest absolute Gasteiger partial charge is 0.456 e. The lowest BCUT2D eigenvalue weighted by atomic mass is 9.92. The highest BCUT2D eigenvalue weighted by molar-refractivity contribution is 6.24. The molecule has 1 aliphatic heterocycles. The van der Waals surface area contributed by atoms with Gasteiger partial charge in [0.2, 0.25) is 0 Å². The lowest BCUT2D eigenvalue weighted by molar-refractivity contribution is 0.668. The molecule has 0 amide bonds. The molecule has 7 aromatic carbocycles. The molecule has 0 aliphatic carbocycles. The van der Waals surface area contributed by atoms with E-state index in [1.807, 2.05) is 60.8 Å². The molecule has 1 unspecified atom stereocenters. The van der Waals surface area contributed by atoms with Crippen LogP contribution in [0.2, 0.25) is 0 Å². The molecule has 0 radical (unpaired) electrons. The quantitative estimate of drug-likeness (QED) is 0.202. The molecule has 11 rings (SSSR count). The maximum atomic E-state index is 6.30. The Balaban J connectivity index is 1.16. The van der Waals surface area contributed by atoms with Crippen LogP contribution in [0.1, 0.15) is 22.9 Å². The Morgan fingerprint density at radius 2 is 1.15 bits per heavy atom. The summed E-state index contributed by atoms with van der Waals surface area (Å²) in [4.78, 5) is 15.5. The van der Waals surface area contributed by atoms with Gasteiger partial charge in [-0.15, -0.1) is 0 Å². The van der Waals surface area contributed by atoms with Gasteiger partial charge in [0.25, 0.3) is 0 Å². The molecule has 244 valence electrons. The summed E-state index contributed by atoms with van der Waals surface area (Å²) in [5.74, 6) is 1.49. The van der Waals surface area contributed by atoms with Crippen molar-refractivity contribution in [1.82, 2.24) is 10.3 Å². The van der Waals surface area contributed by atoms with Gasteiger partial charge in [-0.05, 0) is 86.8 Å². The molecule has 6 nitrogen and oxygen atoms in total. The van der Waals surface area contributed by atoms with Gasteiger partial charge in [-0.3, -0.25) is 4.98 Å². The van der Waals surface area contributed by atoms with E-state index in [4.69, 9.17) is 23.8 Å². The molecule has 3 aromatic heterocycles. The predicted molar refractivity (Wildman–Crippen MR) is 211 cm³/mol. The second-order valence-corrected chi connectivity index (χ2v) is 13.2. The van der Waals surface area contributed by atoms with Crippen LogP contribution in [0.5, 0.6) is 0 Å². The number of aliphatic imine (C=N–C) groups is 2. The zero-order valence-corrected chi connectivity index (χ0v) is 27.7. The molecule has 1 N–H and O–H groups in total. The highest BCUT2D eigenvalue weighted by Crippen LogP contribution is 2.41. The van der Waals surface area contributed by atoms with E-state index in [1.54, 1.807) is 0 Å². The summed E-state index contributed by atoms with van der Waals surface area (Å²) in [5.41, 5.74) is 9.14. The molecule has 0 saturated carbocycles. The third-order valence-corrected chi connectivity index (χ3v) is 10.1. The number of nitrogens with one attached hydrogen (secondary N) is 1. The van der Waals surface area contributed by atoms with Crippen molar-refractivity contribution in [3.63, 3.8) is 0 Å². The number of hydrogen-bond acceptors (Lipinski definition) is 6. The zero-order valence-electron chi connectivity index (χ0n) is 27.7. The van der Waals surface area contributed by atoms with E-state index in [9.17, 15) is 0 Å². The first-order valence-electron chi connectivity index (χ1n) is 17.4. The number of rotatable bonds is 4. The van der Waals surface area contributed by atoms with E-state index < -0.39 is 6.17 Å². The molecule has 4 heterocycles. The molecular formula is C46H28N4O2. The molecule has 1 aliphatic rings. The smallest absolute Gasteiger partial charge is 0.169 e. The number of para-hydroxylation sites is 1. The number of pyridine rings is 1. The van der Waals surface area contributed by atoms with Crippen molar-refractivity contribution in [2.75, 3.05) is 0 Å². The molecule has 1 atom stereocenters. The Morgan fingerprint density at radius 1 is 0.462 bits per heavy atom. The SMILES string of the molecule is c1ccc2cc(C3=NC(c4cc(-c5cccc6oc7cccnc7c56)c5ccccc5c4)N=C(c4cccc5oc6ccccc6c45)N3)ccc2c1. The number of furan rings is 2. The maximum Gasteiger partial charge on any atom is 0.169 e. The molecule has 52 heavy (non-hydrogen) atoms. The monoisotopic (exact) mass is 668 g/mol. The predicted octanol–water partition coefficient (Wildman–Crippen LogP) is 11.3. The summed E-state index contributed by atoms with van der Waals surface area (Å²) in [5, 5.41) is 11.3. The number of nitrogens with zero attached hydrogens (tertiary/aromatic N) is 3. The lowest BCUT2D eigenvalue weighted by Crippen LogP contribution is -2.36. The van der Waals surface area contributed by atoms with E-state index >= 15 is 0 Å². The second-order valence-electron chi connectivity index (χ2n) is 13.2. The van der Waals surface area contributed by atoms with E-state index in [1.165, 1.54) is 5.39 Å². The van der Waals surface area contributed by atoms with Gasteiger partial charge in [-0.25, -0.2) is 9.98 Å². The summed E-state index contributed by atoms with van der Waals surface area (Å²) in [6, 6.07) is 52.2. The molecule has 0 spiro atoms. The van der Waals surface area contributed by atoms with Crippen LogP contribution in [0, 0.1) is 0 Å².